The van der Waals surface area contributed by atoms with E-state index in [-0.39, 0.29) is 10.9 Å². The Morgan fingerprint density at radius 2 is 2.20 bits per heavy atom. The van der Waals surface area contributed by atoms with E-state index >= 15 is 0 Å². The number of hydrogen-bond acceptors (Lipinski definition) is 4. The van der Waals surface area contributed by atoms with Crippen molar-refractivity contribution >= 4 is 20.9 Å². The molecule has 5 nitrogen and oxygen atoms in total. The summed E-state index contributed by atoms with van der Waals surface area (Å²) in [5.41, 5.74) is 1.54. The van der Waals surface area contributed by atoms with Gasteiger partial charge in [-0.1, -0.05) is 19.1 Å². The molecule has 0 bridgehead atoms. The maximum atomic E-state index is 12.9. The van der Waals surface area contributed by atoms with Crippen molar-refractivity contribution in [3.63, 3.8) is 0 Å². The number of sulfonamides is 1. The molecule has 25 heavy (non-hydrogen) atoms. The minimum absolute atomic E-state index is 0.143. The van der Waals surface area contributed by atoms with E-state index in [0.717, 1.165) is 30.6 Å². The zero-order valence-corrected chi connectivity index (χ0v) is 16.0. The maximum absolute atomic E-state index is 12.9. The molecule has 0 amide bonds. The third-order valence-electron chi connectivity index (χ3n) is 4.73. The van der Waals surface area contributed by atoms with Crippen LogP contribution in [0.25, 0.3) is 10.9 Å². The smallest absolute Gasteiger partial charge is 0.243 e. The Kier molecular flexibility index (Phi) is 5.41. The predicted molar refractivity (Wildman–Crippen MR) is 101 cm³/mol. The number of para-hydroxylation sites is 1. The lowest BCUT2D eigenvalue weighted by Crippen LogP contribution is -2.45. The molecule has 3 rings (SSSR count). The first-order valence-corrected chi connectivity index (χ1v) is 10.4. The first kappa shape index (κ1) is 18.3. The molecule has 2 aromatic rings. The lowest BCUT2D eigenvalue weighted by atomic mass is 10.00. The molecule has 2 atom stereocenters. The fourth-order valence-corrected chi connectivity index (χ4v) is 5.08. The molecule has 1 aliphatic rings. The van der Waals surface area contributed by atoms with Gasteiger partial charge in [-0.05, 0) is 56.8 Å². The summed E-state index contributed by atoms with van der Waals surface area (Å²) in [5, 5.41) is 0.848. The topological polar surface area (TPSA) is 62.3 Å². The minimum atomic E-state index is -3.60. The number of nitrogens with one attached hydrogen (secondary N) is 1. The standard InChI is InChI=1S/C19H27N3O2S/c1-14-6-5-9-22(12-14)13-16(3)21-25(23,24)18-8-4-7-17-10-15(2)11-20-19(17)18/h4,7-8,10-11,14,16,21H,5-6,9,12-13H2,1-3H3/t14-,16-/m0/s1. The van der Waals surface area contributed by atoms with Gasteiger partial charge < -0.3 is 4.90 Å². The number of aromatic nitrogens is 1. The van der Waals surface area contributed by atoms with Gasteiger partial charge in [-0.15, -0.1) is 0 Å². The average molecular weight is 362 g/mol. The molecular formula is C19H27N3O2S. The molecule has 0 radical (unpaired) electrons. The second-order valence-corrected chi connectivity index (χ2v) is 9.05. The Labute approximate surface area is 150 Å². The predicted octanol–water partition coefficient (Wildman–Crippen LogP) is 2.94. The van der Waals surface area contributed by atoms with E-state index in [1.54, 1.807) is 18.3 Å². The van der Waals surface area contributed by atoms with E-state index in [1.165, 1.54) is 12.8 Å². The van der Waals surface area contributed by atoms with Gasteiger partial charge in [-0.3, -0.25) is 4.98 Å². The monoisotopic (exact) mass is 361 g/mol. The SMILES string of the molecule is Cc1cnc2c(S(=O)(=O)N[C@@H](C)CN3CCC[C@H](C)C3)cccc2c1. The van der Waals surface area contributed by atoms with Gasteiger partial charge in [0, 0.05) is 30.7 Å². The summed E-state index contributed by atoms with van der Waals surface area (Å²) in [6, 6.07) is 7.11. The Bertz CT molecular complexity index is 851. The van der Waals surface area contributed by atoms with E-state index in [9.17, 15) is 8.42 Å². The van der Waals surface area contributed by atoms with E-state index < -0.39 is 10.0 Å². The van der Waals surface area contributed by atoms with Crippen LogP contribution in [-0.4, -0.2) is 44.0 Å². The summed E-state index contributed by atoms with van der Waals surface area (Å²) >= 11 is 0. The third-order valence-corrected chi connectivity index (χ3v) is 6.35. The van der Waals surface area contributed by atoms with E-state index in [0.29, 0.717) is 11.4 Å². The Morgan fingerprint density at radius 3 is 2.96 bits per heavy atom. The van der Waals surface area contributed by atoms with Crippen LogP contribution in [0.2, 0.25) is 0 Å². The maximum Gasteiger partial charge on any atom is 0.243 e. The molecule has 1 N–H and O–H groups in total. The number of aryl methyl sites for hydroxylation is 1. The molecule has 136 valence electrons. The van der Waals surface area contributed by atoms with Crippen molar-refractivity contribution in [2.75, 3.05) is 19.6 Å². The van der Waals surface area contributed by atoms with Crippen LogP contribution in [0.5, 0.6) is 0 Å². The summed E-state index contributed by atoms with van der Waals surface area (Å²) in [6.07, 6.45) is 4.16. The largest absolute Gasteiger partial charge is 0.301 e. The molecular weight excluding hydrogens is 334 g/mol. The van der Waals surface area contributed by atoms with Crippen molar-refractivity contribution in [3.8, 4) is 0 Å². The second kappa shape index (κ2) is 7.40. The van der Waals surface area contributed by atoms with E-state index in [1.807, 2.05) is 26.0 Å². The molecule has 0 spiro atoms. The van der Waals surface area contributed by atoms with Gasteiger partial charge in [-0.2, -0.15) is 0 Å². The number of fused-ring (bicyclic) bond motifs is 1. The van der Waals surface area contributed by atoms with Crippen molar-refractivity contribution in [1.82, 2.24) is 14.6 Å². The van der Waals surface area contributed by atoms with Gasteiger partial charge in [0.1, 0.15) is 4.90 Å². The van der Waals surface area contributed by atoms with Crippen LogP contribution in [0.4, 0.5) is 0 Å². The highest BCUT2D eigenvalue weighted by Crippen LogP contribution is 2.22. The highest BCUT2D eigenvalue weighted by Gasteiger charge is 2.23. The summed E-state index contributed by atoms with van der Waals surface area (Å²) in [6.45, 7) is 8.96. The zero-order chi connectivity index (χ0) is 18.0. The Balaban J connectivity index is 1.77. The molecule has 0 saturated carbocycles. The number of piperidine rings is 1. The quantitative estimate of drug-likeness (QED) is 0.889. The van der Waals surface area contributed by atoms with Crippen molar-refractivity contribution in [1.29, 1.82) is 0 Å². The zero-order valence-electron chi connectivity index (χ0n) is 15.2. The number of hydrogen-bond donors (Lipinski definition) is 1. The summed E-state index contributed by atoms with van der Waals surface area (Å²) < 4.78 is 28.6. The van der Waals surface area contributed by atoms with Crippen molar-refractivity contribution in [2.45, 2.75) is 44.6 Å². The fourth-order valence-electron chi connectivity index (χ4n) is 3.67. The van der Waals surface area contributed by atoms with Gasteiger partial charge >= 0.3 is 0 Å². The van der Waals surface area contributed by atoms with Crippen LogP contribution in [0, 0.1) is 12.8 Å². The summed E-state index contributed by atoms with van der Waals surface area (Å²) in [4.78, 5) is 6.96. The lowest BCUT2D eigenvalue weighted by Gasteiger charge is -2.32. The number of nitrogens with zero attached hydrogens (tertiary/aromatic N) is 2. The van der Waals surface area contributed by atoms with Crippen LogP contribution >= 0.6 is 0 Å². The molecule has 1 saturated heterocycles. The minimum Gasteiger partial charge on any atom is -0.301 e. The van der Waals surface area contributed by atoms with E-state index in [2.05, 4.69) is 21.5 Å². The van der Waals surface area contributed by atoms with E-state index in [4.69, 9.17) is 0 Å². The second-order valence-electron chi connectivity index (χ2n) is 7.37. The number of rotatable bonds is 5. The lowest BCUT2D eigenvalue weighted by molar-refractivity contribution is 0.174. The highest BCUT2D eigenvalue weighted by atomic mass is 32.2. The van der Waals surface area contributed by atoms with Gasteiger partial charge in [0.2, 0.25) is 10.0 Å². The molecule has 2 heterocycles. The molecule has 1 aromatic heterocycles. The third kappa shape index (κ3) is 4.37. The molecule has 1 aromatic carbocycles. The number of benzene rings is 1. The van der Waals surface area contributed by atoms with Crippen LogP contribution in [-0.2, 0) is 10.0 Å². The van der Waals surface area contributed by atoms with Crippen LogP contribution in [0.15, 0.2) is 35.4 Å². The van der Waals surface area contributed by atoms with Crippen molar-refractivity contribution in [2.24, 2.45) is 5.92 Å². The Morgan fingerprint density at radius 1 is 1.40 bits per heavy atom. The highest BCUT2D eigenvalue weighted by molar-refractivity contribution is 7.89. The average Bonchev–Trinajstić information content (AvgIpc) is 2.53. The molecule has 1 aliphatic heterocycles. The fraction of sp³-hybridized carbons (Fsp3) is 0.526. The van der Waals surface area contributed by atoms with Gasteiger partial charge in [0.05, 0.1) is 5.52 Å². The van der Waals surface area contributed by atoms with Gasteiger partial charge in [-0.25, -0.2) is 13.1 Å². The molecule has 6 heteroatoms. The molecule has 1 fully saturated rings. The summed E-state index contributed by atoms with van der Waals surface area (Å²) in [5.74, 6) is 0.683. The first-order valence-electron chi connectivity index (χ1n) is 8.95. The van der Waals surface area contributed by atoms with Crippen LogP contribution in [0.1, 0.15) is 32.3 Å². The number of likely N-dealkylation sites (tertiary alicyclic amines) is 1. The van der Waals surface area contributed by atoms with Crippen LogP contribution in [0.3, 0.4) is 0 Å². The number of pyridine rings is 1. The van der Waals surface area contributed by atoms with Crippen molar-refractivity contribution < 1.29 is 8.42 Å². The van der Waals surface area contributed by atoms with Gasteiger partial charge in [0.15, 0.2) is 0 Å². The van der Waals surface area contributed by atoms with Crippen LogP contribution < -0.4 is 4.72 Å². The Hall–Kier alpha value is -1.50. The first-order chi connectivity index (χ1) is 11.8. The normalized spacial score (nSPS) is 20.7. The molecule has 0 unspecified atom stereocenters. The van der Waals surface area contributed by atoms with Crippen molar-refractivity contribution in [3.05, 3.63) is 36.0 Å². The molecule has 0 aliphatic carbocycles. The van der Waals surface area contributed by atoms with Gasteiger partial charge in [0.25, 0.3) is 0 Å². The summed E-state index contributed by atoms with van der Waals surface area (Å²) in [7, 11) is -3.60.